The minimum absolute atomic E-state index is 0. The third kappa shape index (κ3) is 4.96. The molecule has 1 aromatic carbocycles. The number of benzene rings is 1. The van der Waals surface area contributed by atoms with Crippen molar-refractivity contribution in [3.8, 4) is 5.75 Å². The van der Waals surface area contributed by atoms with E-state index in [2.05, 4.69) is 26.6 Å². The summed E-state index contributed by atoms with van der Waals surface area (Å²) in [5.74, 6) is 1.49. The highest BCUT2D eigenvalue weighted by molar-refractivity contribution is 9.10. The van der Waals surface area contributed by atoms with Crippen LogP contribution in [-0.2, 0) is 4.79 Å². The topological polar surface area (TPSA) is 50.4 Å². The minimum atomic E-state index is 0. The van der Waals surface area contributed by atoms with Crippen molar-refractivity contribution < 1.29 is 9.53 Å². The van der Waals surface area contributed by atoms with E-state index >= 15 is 0 Å². The third-order valence-corrected chi connectivity index (χ3v) is 3.95. The Balaban J connectivity index is 0.00000200. The number of carbonyl (C=O) groups excluding carboxylic acids is 1. The lowest BCUT2D eigenvalue weighted by Gasteiger charge is -2.31. The van der Waals surface area contributed by atoms with Crippen molar-refractivity contribution >= 4 is 34.2 Å². The van der Waals surface area contributed by atoms with Crippen LogP contribution in [0.15, 0.2) is 28.7 Å². The maximum Gasteiger partial charge on any atom is 0.223 e. The van der Waals surface area contributed by atoms with Gasteiger partial charge in [0.15, 0.2) is 0 Å². The summed E-state index contributed by atoms with van der Waals surface area (Å²) in [4.78, 5) is 11.8. The van der Waals surface area contributed by atoms with Crippen LogP contribution >= 0.6 is 28.3 Å². The van der Waals surface area contributed by atoms with Crippen molar-refractivity contribution in [1.82, 2.24) is 10.6 Å². The molecule has 2 rings (SSSR count). The Hall–Kier alpha value is -0.780. The summed E-state index contributed by atoms with van der Waals surface area (Å²) in [5.41, 5.74) is 0. The van der Waals surface area contributed by atoms with Gasteiger partial charge in [0.2, 0.25) is 5.91 Å². The molecule has 1 saturated heterocycles. The molecular weight excluding hydrogens is 344 g/mol. The van der Waals surface area contributed by atoms with E-state index in [-0.39, 0.29) is 24.2 Å². The zero-order chi connectivity index (χ0) is 13.7. The molecule has 2 N–H and O–H groups in total. The maximum atomic E-state index is 11.8. The third-order valence-electron chi connectivity index (χ3n) is 3.42. The van der Waals surface area contributed by atoms with Crippen molar-refractivity contribution in [2.45, 2.75) is 6.92 Å². The molecule has 1 amide bonds. The van der Waals surface area contributed by atoms with Crippen LogP contribution in [0.1, 0.15) is 6.92 Å². The molecule has 0 radical (unpaired) electrons. The minimum Gasteiger partial charge on any atom is -0.492 e. The molecule has 1 heterocycles. The van der Waals surface area contributed by atoms with Crippen LogP contribution in [0.25, 0.3) is 0 Å². The van der Waals surface area contributed by atoms with Gasteiger partial charge in [-0.05, 0) is 43.3 Å². The monoisotopic (exact) mass is 362 g/mol. The van der Waals surface area contributed by atoms with Gasteiger partial charge in [-0.2, -0.15) is 0 Å². The quantitative estimate of drug-likeness (QED) is 0.762. The summed E-state index contributed by atoms with van der Waals surface area (Å²) >= 11 is 3.37. The Kier molecular flexibility index (Phi) is 7.34. The maximum absolute atomic E-state index is 11.8. The van der Waals surface area contributed by atoms with Gasteiger partial charge in [-0.1, -0.05) is 22.9 Å². The summed E-state index contributed by atoms with van der Waals surface area (Å²) in [6, 6.07) is 7.66. The number of hydrogen-bond donors (Lipinski definition) is 2. The molecule has 0 spiro atoms. The fourth-order valence-electron chi connectivity index (χ4n) is 1.91. The van der Waals surface area contributed by atoms with Gasteiger partial charge in [0.25, 0.3) is 0 Å². The molecule has 1 aliphatic rings. The average molecular weight is 364 g/mol. The van der Waals surface area contributed by atoms with E-state index in [1.165, 1.54) is 0 Å². The van der Waals surface area contributed by atoms with Gasteiger partial charge in [0.1, 0.15) is 12.4 Å². The van der Waals surface area contributed by atoms with Gasteiger partial charge in [-0.15, -0.1) is 12.4 Å². The van der Waals surface area contributed by atoms with E-state index in [0.717, 1.165) is 23.3 Å². The van der Waals surface area contributed by atoms with E-state index in [1.807, 2.05) is 31.2 Å². The zero-order valence-corrected chi connectivity index (χ0v) is 13.8. The first-order chi connectivity index (χ1) is 9.16. The smallest absolute Gasteiger partial charge is 0.223 e. The highest BCUT2D eigenvalue weighted by Crippen LogP contribution is 2.16. The first kappa shape index (κ1) is 17.3. The molecule has 0 saturated carbocycles. The fourth-order valence-corrected chi connectivity index (χ4v) is 2.18. The van der Waals surface area contributed by atoms with Crippen LogP contribution in [0.2, 0.25) is 0 Å². The molecule has 6 heteroatoms. The number of rotatable bonds is 6. The number of carbonyl (C=O) groups is 1. The largest absolute Gasteiger partial charge is 0.492 e. The summed E-state index contributed by atoms with van der Waals surface area (Å²) < 4.78 is 6.57. The zero-order valence-electron chi connectivity index (χ0n) is 11.4. The Morgan fingerprint density at radius 2 is 2.10 bits per heavy atom. The average Bonchev–Trinajstić information content (AvgIpc) is 2.34. The van der Waals surface area contributed by atoms with E-state index in [9.17, 15) is 4.79 Å². The van der Waals surface area contributed by atoms with Gasteiger partial charge in [-0.3, -0.25) is 4.79 Å². The highest BCUT2D eigenvalue weighted by Gasteiger charge is 2.28. The second-order valence-corrected chi connectivity index (χ2v) is 5.72. The number of halogens is 2. The van der Waals surface area contributed by atoms with Crippen LogP contribution in [0.5, 0.6) is 5.75 Å². The molecule has 1 atom stereocenters. The molecular formula is C14H20BrClN2O2. The van der Waals surface area contributed by atoms with E-state index in [1.54, 1.807) is 0 Å². The molecule has 0 bridgehead atoms. The molecule has 112 valence electrons. The van der Waals surface area contributed by atoms with Gasteiger partial charge >= 0.3 is 0 Å². The fraction of sp³-hybridized carbons (Fsp3) is 0.500. The Bertz CT molecular complexity index is 424. The lowest BCUT2D eigenvalue weighted by atomic mass is 9.88. The summed E-state index contributed by atoms with van der Waals surface area (Å²) in [7, 11) is 0. The van der Waals surface area contributed by atoms with Crippen LogP contribution < -0.4 is 15.4 Å². The second kappa shape index (κ2) is 8.49. The first-order valence-electron chi connectivity index (χ1n) is 6.53. The van der Waals surface area contributed by atoms with Crippen LogP contribution in [0.4, 0.5) is 0 Å². The molecule has 1 aromatic rings. The van der Waals surface area contributed by atoms with Gasteiger partial charge in [0, 0.05) is 10.4 Å². The highest BCUT2D eigenvalue weighted by atomic mass is 79.9. The summed E-state index contributed by atoms with van der Waals surface area (Å²) in [6.45, 7) is 4.91. The molecule has 0 aromatic heterocycles. The first-order valence-corrected chi connectivity index (χ1v) is 7.33. The van der Waals surface area contributed by atoms with Crippen molar-refractivity contribution in [2.75, 3.05) is 26.2 Å². The molecule has 0 aliphatic carbocycles. The normalized spacial score (nSPS) is 15.7. The number of hydrogen-bond acceptors (Lipinski definition) is 3. The van der Waals surface area contributed by atoms with Crippen LogP contribution in [0, 0.1) is 11.8 Å². The molecule has 1 fully saturated rings. The van der Waals surface area contributed by atoms with Crippen molar-refractivity contribution in [1.29, 1.82) is 0 Å². The number of nitrogens with one attached hydrogen (secondary N) is 2. The molecule has 1 aliphatic heterocycles. The van der Waals surface area contributed by atoms with E-state index < -0.39 is 0 Å². The van der Waals surface area contributed by atoms with Gasteiger partial charge in [-0.25, -0.2) is 0 Å². The standard InChI is InChI=1S/C14H19BrN2O2.ClH/c1-10(11-8-16-9-11)14(18)17-6-7-19-13-4-2-12(15)3-5-13;/h2-5,10-11,16H,6-9H2,1H3,(H,17,18);1H. The van der Waals surface area contributed by atoms with Crippen LogP contribution in [-0.4, -0.2) is 32.1 Å². The predicted molar refractivity (Wildman–Crippen MR) is 85.4 cm³/mol. The summed E-state index contributed by atoms with van der Waals surface area (Å²) in [6.07, 6.45) is 0. The van der Waals surface area contributed by atoms with Crippen LogP contribution in [0.3, 0.4) is 0 Å². The lowest BCUT2D eigenvalue weighted by Crippen LogP contribution is -2.49. The number of amides is 1. The van der Waals surface area contributed by atoms with E-state index in [0.29, 0.717) is 19.1 Å². The Morgan fingerprint density at radius 1 is 1.45 bits per heavy atom. The molecule has 4 nitrogen and oxygen atoms in total. The summed E-state index contributed by atoms with van der Waals surface area (Å²) in [5, 5.41) is 6.09. The molecule has 1 unspecified atom stereocenters. The van der Waals surface area contributed by atoms with Crippen molar-refractivity contribution in [3.05, 3.63) is 28.7 Å². The van der Waals surface area contributed by atoms with E-state index in [4.69, 9.17) is 4.74 Å². The van der Waals surface area contributed by atoms with Gasteiger partial charge in [0.05, 0.1) is 6.54 Å². The van der Waals surface area contributed by atoms with Gasteiger partial charge < -0.3 is 15.4 Å². The molecule has 20 heavy (non-hydrogen) atoms. The SMILES string of the molecule is CC(C(=O)NCCOc1ccc(Br)cc1)C1CNC1.Cl. The Labute approximate surface area is 134 Å². The van der Waals surface area contributed by atoms with Crippen molar-refractivity contribution in [2.24, 2.45) is 11.8 Å². The Morgan fingerprint density at radius 3 is 2.65 bits per heavy atom. The second-order valence-electron chi connectivity index (χ2n) is 4.80. The lowest BCUT2D eigenvalue weighted by molar-refractivity contribution is -0.126. The van der Waals surface area contributed by atoms with Crippen molar-refractivity contribution in [3.63, 3.8) is 0 Å². The number of ether oxygens (including phenoxy) is 1. The predicted octanol–water partition coefficient (Wildman–Crippen LogP) is 2.22.